The number of benzene rings is 1. The molecule has 0 aliphatic heterocycles. The summed E-state index contributed by atoms with van der Waals surface area (Å²) < 4.78 is 1.13. The SMILES string of the molecule is CN(C)CCCNC(=O)c1[nH]n(-c2ccc(Cl)cc2Cl)c(=O)c1N. The molecule has 0 aliphatic carbocycles. The van der Waals surface area contributed by atoms with Gasteiger partial charge in [-0.25, -0.2) is 4.68 Å². The zero-order chi connectivity index (χ0) is 17.9. The van der Waals surface area contributed by atoms with Gasteiger partial charge in [0, 0.05) is 11.6 Å². The van der Waals surface area contributed by atoms with Crippen molar-refractivity contribution in [2.75, 3.05) is 32.9 Å². The van der Waals surface area contributed by atoms with E-state index in [1.807, 2.05) is 19.0 Å². The smallest absolute Gasteiger partial charge is 0.295 e. The Morgan fingerprint density at radius 2 is 2.08 bits per heavy atom. The minimum atomic E-state index is -0.544. The van der Waals surface area contributed by atoms with E-state index in [0.29, 0.717) is 17.3 Å². The summed E-state index contributed by atoms with van der Waals surface area (Å²) in [6, 6.07) is 4.66. The number of nitrogen functional groups attached to an aromatic ring is 1. The normalized spacial score (nSPS) is 11.0. The van der Waals surface area contributed by atoms with Crippen LogP contribution < -0.4 is 16.6 Å². The van der Waals surface area contributed by atoms with Crippen molar-refractivity contribution in [3.63, 3.8) is 0 Å². The van der Waals surface area contributed by atoms with Crippen LogP contribution in [0.1, 0.15) is 16.9 Å². The van der Waals surface area contributed by atoms with Crippen molar-refractivity contribution in [2.24, 2.45) is 0 Å². The van der Waals surface area contributed by atoms with Gasteiger partial charge in [-0.3, -0.25) is 14.7 Å². The van der Waals surface area contributed by atoms with Crippen LogP contribution >= 0.6 is 23.2 Å². The summed E-state index contributed by atoms with van der Waals surface area (Å²) in [5, 5.41) is 6.14. The molecule has 0 spiro atoms. The molecule has 0 atom stereocenters. The van der Waals surface area contributed by atoms with E-state index in [1.54, 1.807) is 12.1 Å². The lowest BCUT2D eigenvalue weighted by molar-refractivity contribution is 0.0948. The van der Waals surface area contributed by atoms with E-state index in [1.165, 1.54) is 6.07 Å². The number of nitrogens with zero attached hydrogens (tertiary/aromatic N) is 2. The van der Waals surface area contributed by atoms with E-state index in [9.17, 15) is 9.59 Å². The molecule has 0 bridgehead atoms. The van der Waals surface area contributed by atoms with E-state index in [-0.39, 0.29) is 16.4 Å². The quantitative estimate of drug-likeness (QED) is 0.673. The fraction of sp³-hybridized carbons (Fsp3) is 0.333. The molecular weight excluding hydrogens is 353 g/mol. The minimum Gasteiger partial charge on any atom is -0.392 e. The molecule has 1 amide bonds. The van der Waals surface area contributed by atoms with Gasteiger partial charge in [0.1, 0.15) is 11.4 Å². The summed E-state index contributed by atoms with van der Waals surface area (Å²) in [4.78, 5) is 26.5. The Bertz CT molecular complexity index is 798. The molecule has 2 aromatic rings. The van der Waals surface area contributed by atoms with Crippen molar-refractivity contribution in [1.82, 2.24) is 20.0 Å². The maximum absolute atomic E-state index is 12.3. The number of nitrogens with one attached hydrogen (secondary N) is 2. The highest BCUT2D eigenvalue weighted by molar-refractivity contribution is 6.35. The number of aromatic amines is 1. The van der Waals surface area contributed by atoms with Crippen LogP contribution in [-0.2, 0) is 0 Å². The summed E-state index contributed by atoms with van der Waals surface area (Å²) in [6.07, 6.45) is 0.784. The molecule has 0 saturated heterocycles. The van der Waals surface area contributed by atoms with E-state index >= 15 is 0 Å². The van der Waals surface area contributed by atoms with Gasteiger partial charge in [-0.05, 0) is 45.3 Å². The highest BCUT2D eigenvalue weighted by Gasteiger charge is 2.19. The highest BCUT2D eigenvalue weighted by Crippen LogP contribution is 2.23. The second kappa shape index (κ2) is 7.74. The summed E-state index contributed by atoms with van der Waals surface area (Å²) in [5.41, 5.74) is 5.44. The lowest BCUT2D eigenvalue weighted by Crippen LogP contribution is -2.28. The van der Waals surface area contributed by atoms with Crippen LogP contribution in [0.5, 0.6) is 0 Å². The Morgan fingerprint density at radius 1 is 1.38 bits per heavy atom. The molecular formula is C15H19Cl2N5O2. The van der Waals surface area contributed by atoms with Crippen molar-refractivity contribution in [3.05, 3.63) is 44.3 Å². The number of carbonyl (C=O) groups excluding carboxylic acids is 1. The second-order valence-corrected chi connectivity index (χ2v) is 6.39. The number of H-pyrrole nitrogens is 1. The lowest BCUT2D eigenvalue weighted by atomic mass is 10.3. The first-order chi connectivity index (χ1) is 11.3. The first-order valence-electron chi connectivity index (χ1n) is 7.30. The van der Waals surface area contributed by atoms with Gasteiger partial charge in [-0.1, -0.05) is 23.2 Å². The molecule has 1 aromatic heterocycles. The van der Waals surface area contributed by atoms with Crippen LogP contribution in [0, 0.1) is 0 Å². The van der Waals surface area contributed by atoms with Gasteiger partial charge in [-0.15, -0.1) is 0 Å². The van der Waals surface area contributed by atoms with Crippen LogP contribution in [0.25, 0.3) is 5.69 Å². The zero-order valence-corrected chi connectivity index (χ0v) is 14.9. The maximum atomic E-state index is 12.3. The molecule has 1 heterocycles. The molecule has 1 aromatic carbocycles. The Kier molecular flexibility index (Phi) is 5.93. The molecule has 0 radical (unpaired) electrons. The molecule has 9 heteroatoms. The highest BCUT2D eigenvalue weighted by atomic mass is 35.5. The van der Waals surface area contributed by atoms with Crippen molar-refractivity contribution in [2.45, 2.75) is 6.42 Å². The van der Waals surface area contributed by atoms with Crippen LogP contribution in [0.3, 0.4) is 0 Å². The summed E-state index contributed by atoms with van der Waals surface area (Å²) in [5.74, 6) is -0.438. The first kappa shape index (κ1) is 18.4. The minimum absolute atomic E-state index is 0.0101. The van der Waals surface area contributed by atoms with Crippen LogP contribution in [0.4, 0.5) is 5.69 Å². The van der Waals surface area contributed by atoms with Crippen molar-refractivity contribution in [3.8, 4) is 5.69 Å². The van der Waals surface area contributed by atoms with Crippen LogP contribution in [-0.4, -0.2) is 47.8 Å². The standard InChI is InChI=1S/C15H19Cl2N5O2/c1-21(2)7-3-6-19-14(23)13-12(18)15(24)22(20-13)11-5-4-9(16)8-10(11)17/h4-5,8,20H,3,6-7,18H2,1-2H3,(H,19,23). The van der Waals surface area contributed by atoms with Gasteiger partial charge >= 0.3 is 0 Å². The number of rotatable bonds is 6. The molecule has 0 saturated carbocycles. The summed E-state index contributed by atoms with van der Waals surface area (Å²) >= 11 is 11.9. The Morgan fingerprint density at radius 3 is 2.71 bits per heavy atom. The monoisotopic (exact) mass is 371 g/mol. The second-order valence-electron chi connectivity index (χ2n) is 5.55. The van der Waals surface area contributed by atoms with Crippen molar-refractivity contribution >= 4 is 34.8 Å². The summed E-state index contributed by atoms with van der Waals surface area (Å²) in [6.45, 7) is 1.32. The molecule has 2 rings (SSSR count). The third kappa shape index (κ3) is 4.11. The average molecular weight is 372 g/mol. The number of amides is 1. The van der Waals surface area contributed by atoms with E-state index in [4.69, 9.17) is 28.9 Å². The number of halogens is 2. The predicted molar refractivity (Wildman–Crippen MR) is 96.3 cm³/mol. The first-order valence-corrected chi connectivity index (χ1v) is 8.05. The van der Waals surface area contributed by atoms with E-state index < -0.39 is 11.5 Å². The number of aromatic nitrogens is 2. The van der Waals surface area contributed by atoms with Gasteiger partial charge in [0.2, 0.25) is 0 Å². The number of carbonyl (C=O) groups is 1. The van der Waals surface area contributed by atoms with Gasteiger partial charge in [0.15, 0.2) is 0 Å². The largest absolute Gasteiger partial charge is 0.392 e. The van der Waals surface area contributed by atoms with Gasteiger partial charge < -0.3 is 16.0 Å². The Balaban J connectivity index is 2.22. The predicted octanol–water partition coefficient (Wildman–Crippen LogP) is 1.74. The summed E-state index contributed by atoms with van der Waals surface area (Å²) in [7, 11) is 3.90. The number of hydrogen-bond donors (Lipinski definition) is 3. The van der Waals surface area contributed by atoms with E-state index in [2.05, 4.69) is 10.4 Å². The molecule has 0 unspecified atom stereocenters. The number of nitrogens with two attached hydrogens (primary N) is 1. The van der Waals surface area contributed by atoms with Gasteiger partial charge in [-0.2, -0.15) is 0 Å². The third-order valence-electron chi connectivity index (χ3n) is 3.37. The fourth-order valence-corrected chi connectivity index (χ4v) is 2.63. The molecule has 24 heavy (non-hydrogen) atoms. The molecule has 7 nitrogen and oxygen atoms in total. The number of anilines is 1. The average Bonchev–Trinajstić information content (AvgIpc) is 2.80. The Hall–Kier alpha value is -1.96. The zero-order valence-electron chi connectivity index (χ0n) is 13.4. The van der Waals surface area contributed by atoms with Gasteiger partial charge in [0.05, 0.1) is 10.7 Å². The Labute approximate surface area is 149 Å². The molecule has 0 aliphatic rings. The van der Waals surface area contributed by atoms with Crippen molar-refractivity contribution in [1.29, 1.82) is 0 Å². The molecule has 4 N–H and O–H groups in total. The van der Waals surface area contributed by atoms with Crippen molar-refractivity contribution < 1.29 is 4.79 Å². The maximum Gasteiger partial charge on any atom is 0.295 e. The topological polar surface area (TPSA) is 96.1 Å². The van der Waals surface area contributed by atoms with E-state index in [0.717, 1.165) is 17.6 Å². The lowest BCUT2D eigenvalue weighted by Gasteiger charge is -2.09. The molecule has 0 fully saturated rings. The van der Waals surface area contributed by atoms with Crippen LogP contribution in [0.2, 0.25) is 10.0 Å². The third-order valence-corrected chi connectivity index (χ3v) is 3.91. The van der Waals surface area contributed by atoms with Crippen LogP contribution in [0.15, 0.2) is 23.0 Å². The fourth-order valence-electron chi connectivity index (χ4n) is 2.14. The number of hydrogen-bond acceptors (Lipinski definition) is 4. The molecule has 130 valence electrons. The van der Waals surface area contributed by atoms with Gasteiger partial charge in [0.25, 0.3) is 11.5 Å².